The second kappa shape index (κ2) is 8.28. The minimum atomic E-state index is -0.246. The van der Waals surface area contributed by atoms with Crippen molar-refractivity contribution in [1.29, 1.82) is 0 Å². The summed E-state index contributed by atoms with van der Waals surface area (Å²) in [5.41, 5.74) is 6.00. The van der Waals surface area contributed by atoms with Crippen molar-refractivity contribution in [3.05, 3.63) is 53.3 Å². The predicted octanol–water partition coefficient (Wildman–Crippen LogP) is 5.24. The van der Waals surface area contributed by atoms with Gasteiger partial charge in [0.1, 0.15) is 0 Å². The largest absolute Gasteiger partial charge is 0.469 e. The van der Waals surface area contributed by atoms with Gasteiger partial charge in [0.05, 0.1) is 13.5 Å². The zero-order valence-corrected chi connectivity index (χ0v) is 16.1. The highest BCUT2D eigenvalue weighted by Gasteiger charge is 2.26. The monoisotopic (exact) mass is 339 g/mol. The Balaban J connectivity index is 2.38. The van der Waals surface area contributed by atoms with Crippen LogP contribution in [0.2, 0.25) is 0 Å². The van der Waals surface area contributed by atoms with E-state index in [0.29, 0.717) is 0 Å². The van der Waals surface area contributed by atoms with Crippen molar-refractivity contribution in [1.82, 2.24) is 4.98 Å². The maximum Gasteiger partial charge on any atom is 0.310 e. The van der Waals surface area contributed by atoms with Gasteiger partial charge >= 0.3 is 5.97 Å². The number of hydrogen-bond donors (Lipinski definition) is 0. The summed E-state index contributed by atoms with van der Waals surface area (Å²) in [5, 5.41) is 0. The number of rotatable bonds is 7. The molecule has 0 radical (unpaired) electrons. The minimum Gasteiger partial charge on any atom is -0.469 e. The van der Waals surface area contributed by atoms with Crippen LogP contribution in [0.15, 0.2) is 36.7 Å². The van der Waals surface area contributed by atoms with E-state index in [1.165, 1.54) is 23.8 Å². The first-order chi connectivity index (χ1) is 12.0. The van der Waals surface area contributed by atoms with Crippen LogP contribution in [0.25, 0.3) is 11.1 Å². The third-order valence-corrected chi connectivity index (χ3v) is 5.55. The molecule has 3 heteroatoms. The maximum absolute atomic E-state index is 11.5. The number of aromatic nitrogens is 1. The number of carbonyl (C=O) groups excluding carboxylic acids is 1. The summed E-state index contributed by atoms with van der Waals surface area (Å²) in [6.07, 6.45) is 7.27. The zero-order chi connectivity index (χ0) is 18.4. The van der Waals surface area contributed by atoms with Gasteiger partial charge in [-0.3, -0.25) is 9.78 Å². The molecule has 3 nitrogen and oxygen atoms in total. The van der Waals surface area contributed by atoms with E-state index < -0.39 is 0 Å². The molecule has 0 fully saturated rings. The standard InChI is InChI=1S/C22H29NO2/c1-6-22(7-2,8-3)19-9-10-20(16(4)11-19)18-12-17(14-23-15-18)13-21(24)25-5/h9-12,14-15H,6-8,13H2,1-5H3. The number of hydrogen-bond acceptors (Lipinski definition) is 3. The molecule has 1 heterocycles. The van der Waals surface area contributed by atoms with Crippen LogP contribution in [0.3, 0.4) is 0 Å². The molecule has 0 aliphatic carbocycles. The summed E-state index contributed by atoms with van der Waals surface area (Å²) < 4.78 is 4.75. The Bertz CT molecular complexity index is 724. The minimum absolute atomic E-state index is 0.246. The lowest BCUT2D eigenvalue weighted by atomic mass is 9.73. The average molecular weight is 339 g/mol. The number of esters is 1. The lowest BCUT2D eigenvalue weighted by Crippen LogP contribution is -2.23. The van der Waals surface area contributed by atoms with Crippen LogP contribution in [0, 0.1) is 6.92 Å². The summed E-state index contributed by atoms with van der Waals surface area (Å²) in [7, 11) is 1.41. The molecule has 0 atom stereocenters. The van der Waals surface area contributed by atoms with Gasteiger partial charge in [-0.2, -0.15) is 0 Å². The molecule has 0 spiro atoms. The van der Waals surface area contributed by atoms with Gasteiger partial charge in [0, 0.05) is 18.0 Å². The number of methoxy groups -OCH3 is 1. The van der Waals surface area contributed by atoms with Gasteiger partial charge in [-0.1, -0.05) is 39.0 Å². The van der Waals surface area contributed by atoms with Gasteiger partial charge < -0.3 is 4.74 Å². The quantitative estimate of drug-likeness (QED) is 0.648. The molecule has 0 unspecified atom stereocenters. The van der Waals surface area contributed by atoms with E-state index in [0.717, 1.165) is 30.4 Å². The molecule has 0 N–H and O–H groups in total. The molecule has 0 bridgehead atoms. The first kappa shape index (κ1) is 19.2. The molecular formula is C22H29NO2. The van der Waals surface area contributed by atoms with Gasteiger partial charge in [0.2, 0.25) is 0 Å². The summed E-state index contributed by atoms with van der Waals surface area (Å²) in [6, 6.07) is 8.79. The average Bonchev–Trinajstić information content (AvgIpc) is 2.64. The van der Waals surface area contributed by atoms with E-state index in [1.54, 1.807) is 6.20 Å². The van der Waals surface area contributed by atoms with Crippen molar-refractivity contribution in [2.75, 3.05) is 7.11 Å². The number of benzene rings is 1. The van der Waals surface area contributed by atoms with Gasteiger partial charge in [-0.25, -0.2) is 0 Å². The zero-order valence-electron chi connectivity index (χ0n) is 16.1. The highest BCUT2D eigenvalue weighted by molar-refractivity contribution is 5.74. The van der Waals surface area contributed by atoms with E-state index in [-0.39, 0.29) is 17.8 Å². The summed E-state index contributed by atoms with van der Waals surface area (Å²) in [6.45, 7) is 8.97. The molecular weight excluding hydrogens is 310 g/mol. The fourth-order valence-corrected chi connectivity index (χ4v) is 3.65. The Hall–Kier alpha value is -2.16. The van der Waals surface area contributed by atoms with Gasteiger partial charge in [0.15, 0.2) is 0 Å². The van der Waals surface area contributed by atoms with E-state index in [9.17, 15) is 4.79 Å². The SMILES string of the molecule is CCC(CC)(CC)c1ccc(-c2cncc(CC(=O)OC)c2)c(C)c1. The fourth-order valence-electron chi connectivity index (χ4n) is 3.65. The molecule has 0 saturated heterocycles. The van der Waals surface area contributed by atoms with Gasteiger partial charge in [-0.15, -0.1) is 0 Å². The lowest BCUT2D eigenvalue weighted by Gasteiger charge is -2.31. The molecule has 0 aliphatic heterocycles. The summed E-state index contributed by atoms with van der Waals surface area (Å²) in [4.78, 5) is 15.8. The topological polar surface area (TPSA) is 39.2 Å². The van der Waals surface area contributed by atoms with Crippen LogP contribution in [0.5, 0.6) is 0 Å². The number of nitrogens with zero attached hydrogens (tertiary/aromatic N) is 1. The first-order valence-electron chi connectivity index (χ1n) is 9.11. The van der Waals surface area contributed by atoms with E-state index in [1.807, 2.05) is 12.3 Å². The van der Waals surface area contributed by atoms with Crippen LogP contribution in [0.4, 0.5) is 0 Å². The Morgan fingerprint density at radius 3 is 2.32 bits per heavy atom. The van der Waals surface area contributed by atoms with Crippen LogP contribution < -0.4 is 0 Å². The van der Waals surface area contributed by atoms with Crippen molar-refractivity contribution < 1.29 is 9.53 Å². The van der Waals surface area contributed by atoms with Crippen LogP contribution in [-0.4, -0.2) is 18.1 Å². The number of carbonyl (C=O) groups is 1. The predicted molar refractivity (Wildman–Crippen MR) is 103 cm³/mol. The third kappa shape index (κ3) is 4.09. The van der Waals surface area contributed by atoms with Crippen molar-refractivity contribution in [2.24, 2.45) is 0 Å². The summed E-state index contributed by atoms with van der Waals surface area (Å²) in [5.74, 6) is -0.246. The van der Waals surface area contributed by atoms with E-state index >= 15 is 0 Å². The van der Waals surface area contributed by atoms with E-state index in [4.69, 9.17) is 4.74 Å². The number of ether oxygens (including phenoxy) is 1. The molecule has 0 saturated carbocycles. The molecule has 25 heavy (non-hydrogen) atoms. The van der Waals surface area contributed by atoms with Crippen molar-refractivity contribution in [3.8, 4) is 11.1 Å². The molecule has 1 aromatic carbocycles. The van der Waals surface area contributed by atoms with Crippen molar-refractivity contribution in [3.63, 3.8) is 0 Å². The molecule has 2 rings (SSSR count). The molecule has 134 valence electrons. The molecule has 1 aromatic heterocycles. The highest BCUT2D eigenvalue weighted by atomic mass is 16.5. The number of aryl methyl sites for hydroxylation is 1. The van der Waals surface area contributed by atoms with E-state index in [2.05, 4.69) is 50.9 Å². The highest BCUT2D eigenvalue weighted by Crippen LogP contribution is 2.37. The van der Waals surface area contributed by atoms with Crippen molar-refractivity contribution >= 4 is 5.97 Å². The fraction of sp³-hybridized carbons (Fsp3) is 0.455. The Morgan fingerprint density at radius 1 is 1.08 bits per heavy atom. The normalized spacial score (nSPS) is 11.4. The molecule has 0 aliphatic rings. The molecule has 2 aromatic rings. The first-order valence-corrected chi connectivity index (χ1v) is 9.11. The lowest BCUT2D eigenvalue weighted by molar-refractivity contribution is -0.139. The second-order valence-corrected chi connectivity index (χ2v) is 6.71. The van der Waals surface area contributed by atoms with Crippen LogP contribution >= 0.6 is 0 Å². The van der Waals surface area contributed by atoms with Gasteiger partial charge in [0.25, 0.3) is 0 Å². The second-order valence-electron chi connectivity index (χ2n) is 6.71. The number of pyridine rings is 1. The summed E-state index contributed by atoms with van der Waals surface area (Å²) >= 11 is 0. The third-order valence-electron chi connectivity index (χ3n) is 5.55. The smallest absolute Gasteiger partial charge is 0.310 e. The van der Waals surface area contributed by atoms with Crippen LogP contribution in [-0.2, 0) is 21.4 Å². The Kier molecular flexibility index (Phi) is 6.35. The van der Waals surface area contributed by atoms with Crippen molar-refractivity contribution in [2.45, 2.75) is 58.8 Å². The maximum atomic E-state index is 11.5. The Labute approximate surface area is 151 Å². The molecule has 0 amide bonds. The Morgan fingerprint density at radius 2 is 1.76 bits per heavy atom. The van der Waals surface area contributed by atoms with Crippen LogP contribution in [0.1, 0.15) is 56.7 Å². The van der Waals surface area contributed by atoms with Gasteiger partial charge in [-0.05, 0) is 59.9 Å².